The zero-order chi connectivity index (χ0) is 24.8. The number of nitrogens with one attached hydrogen (secondary N) is 1. The molecule has 4 rings (SSSR count). The van der Waals surface area contributed by atoms with E-state index in [1.54, 1.807) is 25.3 Å². The van der Waals surface area contributed by atoms with Gasteiger partial charge in [0.1, 0.15) is 11.5 Å². The minimum Gasteiger partial charge on any atom is -0.497 e. The van der Waals surface area contributed by atoms with Gasteiger partial charge in [0.25, 0.3) is 0 Å². The smallest absolute Gasteiger partial charge is 0.234 e. The lowest BCUT2D eigenvalue weighted by molar-refractivity contribution is -0.113. The lowest BCUT2D eigenvalue weighted by Gasteiger charge is -2.17. The number of ether oxygens (including phenoxy) is 2. The molecule has 1 aromatic heterocycles. The number of para-hydroxylation sites is 1. The van der Waals surface area contributed by atoms with Gasteiger partial charge in [-0.05, 0) is 49.4 Å². The second-order valence-electron chi connectivity index (χ2n) is 7.41. The molecule has 0 spiro atoms. The van der Waals surface area contributed by atoms with Crippen LogP contribution in [0.15, 0.2) is 78.0 Å². The third kappa shape index (κ3) is 6.28. The first-order valence-corrected chi connectivity index (χ1v) is 12.4. The molecule has 0 fully saturated rings. The number of amides is 1. The van der Waals surface area contributed by atoms with E-state index in [2.05, 4.69) is 15.5 Å². The molecule has 0 aliphatic heterocycles. The highest BCUT2D eigenvalue weighted by Crippen LogP contribution is 2.30. The molecular weight excluding hydrogens is 507 g/mol. The Bertz CT molecular complexity index is 1320. The number of thioether (sulfide) groups is 1. The normalized spacial score (nSPS) is 11.7. The van der Waals surface area contributed by atoms with E-state index in [9.17, 15) is 4.79 Å². The van der Waals surface area contributed by atoms with Crippen LogP contribution in [-0.2, 0) is 4.79 Å². The molecule has 1 unspecified atom stereocenters. The summed E-state index contributed by atoms with van der Waals surface area (Å²) in [5.74, 6) is 1.82. The number of rotatable bonds is 9. The summed E-state index contributed by atoms with van der Waals surface area (Å²) in [5.41, 5.74) is 1.35. The highest BCUT2D eigenvalue weighted by Gasteiger charge is 2.22. The van der Waals surface area contributed by atoms with Gasteiger partial charge in [0, 0.05) is 16.8 Å². The van der Waals surface area contributed by atoms with Gasteiger partial charge >= 0.3 is 0 Å². The third-order valence-corrected chi connectivity index (χ3v) is 6.40. The number of nitrogens with zero attached hydrogens (tertiary/aromatic N) is 3. The van der Waals surface area contributed by atoms with Crippen LogP contribution in [0.4, 0.5) is 5.69 Å². The molecule has 0 aliphatic rings. The largest absolute Gasteiger partial charge is 0.497 e. The van der Waals surface area contributed by atoms with Gasteiger partial charge in [-0.25, -0.2) is 0 Å². The third-order valence-electron chi connectivity index (χ3n) is 4.93. The van der Waals surface area contributed by atoms with E-state index in [0.717, 1.165) is 5.69 Å². The van der Waals surface area contributed by atoms with Crippen LogP contribution in [0.5, 0.6) is 11.5 Å². The van der Waals surface area contributed by atoms with Crippen LogP contribution in [0.2, 0.25) is 10.0 Å². The Morgan fingerprint density at radius 3 is 2.54 bits per heavy atom. The molecule has 0 radical (unpaired) electrons. The predicted molar refractivity (Wildman–Crippen MR) is 139 cm³/mol. The summed E-state index contributed by atoms with van der Waals surface area (Å²) in [4.78, 5) is 12.6. The summed E-state index contributed by atoms with van der Waals surface area (Å²) in [7, 11) is 1.61. The monoisotopic (exact) mass is 528 g/mol. The van der Waals surface area contributed by atoms with Gasteiger partial charge in [-0.3, -0.25) is 9.36 Å². The molecule has 1 atom stereocenters. The van der Waals surface area contributed by atoms with Gasteiger partial charge in [-0.1, -0.05) is 59.2 Å². The second kappa shape index (κ2) is 11.5. The first-order chi connectivity index (χ1) is 16.9. The molecule has 0 aliphatic carbocycles. The van der Waals surface area contributed by atoms with Crippen molar-refractivity contribution in [2.75, 3.05) is 18.2 Å². The van der Waals surface area contributed by atoms with E-state index in [-0.39, 0.29) is 11.7 Å². The Labute approximate surface area is 217 Å². The Hall–Kier alpha value is -3.20. The zero-order valence-electron chi connectivity index (χ0n) is 18.9. The number of carbonyl (C=O) groups is 1. The van der Waals surface area contributed by atoms with Crippen molar-refractivity contribution in [1.82, 2.24) is 14.8 Å². The Balaban J connectivity index is 1.54. The number of methoxy groups -OCH3 is 1. The van der Waals surface area contributed by atoms with E-state index in [1.165, 1.54) is 11.8 Å². The fourth-order valence-corrected chi connectivity index (χ4v) is 4.51. The number of anilines is 1. The molecule has 7 nitrogen and oxygen atoms in total. The van der Waals surface area contributed by atoms with Crippen molar-refractivity contribution in [1.29, 1.82) is 0 Å². The predicted octanol–water partition coefficient (Wildman–Crippen LogP) is 6.45. The topological polar surface area (TPSA) is 78.3 Å². The first-order valence-electron chi connectivity index (χ1n) is 10.6. The summed E-state index contributed by atoms with van der Waals surface area (Å²) in [5, 5.41) is 13.0. The van der Waals surface area contributed by atoms with Crippen molar-refractivity contribution < 1.29 is 14.3 Å². The van der Waals surface area contributed by atoms with Crippen LogP contribution in [0, 0.1) is 0 Å². The molecule has 0 bridgehead atoms. The van der Waals surface area contributed by atoms with Gasteiger partial charge in [-0.2, -0.15) is 0 Å². The molecule has 180 valence electrons. The SMILES string of the molecule is COc1cccc(OC(C)c2nnc(SCC(=O)Nc3ccc(Cl)cc3Cl)n2-c2ccccc2)c1. The molecule has 1 amide bonds. The number of benzene rings is 3. The maximum Gasteiger partial charge on any atom is 0.234 e. The fourth-order valence-electron chi connectivity index (χ4n) is 3.30. The van der Waals surface area contributed by atoms with Crippen LogP contribution >= 0.6 is 35.0 Å². The summed E-state index contributed by atoms with van der Waals surface area (Å²) in [6.07, 6.45) is -0.425. The fraction of sp³-hybridized carbons (Fsp3) is 0.160. The van der Waals surface area contributed by atoms with Crippen LogP contribution in [0.1, 0.15) is 18.9 Å². The minimum absolute atomic E-state index is 0.106. The van der Waals surface area contributed by atoms with E-state index in [1.807, 2.05) is 66.1 Å². The molecule has 0 saturated heterocycles. The lowest BCUT2D eigenvalue weighted by Crippen LogP contribution is -2.15. The number of hydrogen-bond acceptors (Lipinski definition) is 6. The van der Waals surface area contributed by atoms with Gasteiger partial charge in [0.15, 0.2) is 17.1 Å². The van der Waals surface area contributed by atoms with Crippen molar-refractivity contribution in [3.63, 3.8) is 0 Å². The summed E-state index contributed by atoms with van der Waals surface area (Å²) in [6, 6.07) is 21.9. The highest BCUT2D eigenvalue weighted by molar-refractivity contribution is 7.99. The quantitative estimate of drug-likeness (QED) is 0.251. The molecular formula is C25H22Cl2N4O3S. The average molecular weight is 529 g/mol. The highest BCUT2D eigenvalue weighted by atomic mass is 35.5. The number of halogens is 2. The molecule has 0 saturated carbocycles. The standard InChI is InChI=1S/C25H22Cl2N4O3S/c1-16(34-20-10-6-9-19(14-20)33-2)24-29-30-25(31(24)18-7-4-3-5-8-18)35-15-23(32)28-22-12-11-17(26)13-21(22)27/h3-14,16H,15H2,1-2H3,(H,28,32). The number of aromatic nitrogens is 3. The maximum absolute atomic E-state index is 12.6. The van der Waals surface area contributed by atoms with E-state index in [4.69, 9.17) is 32.7 Å². The van der Waals surface area contributed by atoms with Crippen LogP contribution in [0.3, 0.4) is 0 Å². The molecule has 3 aromatic carbocycles. The number of carbonyl (C=O) groups excluding carboxylic acids is 1. The Morgan fingerprint density at radius 1 is 1.03 bits per heavy atom. The second-order valence-corrected chi connectivity index (χ2v) is 9.20. The molecule has 1 N–H and O–H groups in total. The van der Waals surface area contributed by atoms with Crippen molar-refractivity contribution in [2.45, 2.75) is 18.2 Å². The van der Waals surface area contributed by atoms with Crippen molar-refractivity contribution in [2.24, 2.45) is 0 Å². The first kappa shape index (κ1) is 24.9. The minimum atomic E-state index is -0.425. The van der Waals surface area contributed by atoms with Crippen molar-refractivity contribution >= 4 is 46.6 Å². The van der Waals surface area contributed by atoms with Gasteiger partial charge < -0.3 is 14.8 Å². The van der Waals surface area contributed by atoms with E-state index in [0.29, 0.717) is 38.2 Å². The van der Waals surface area contributed by atoms with Crippen molar-refractivity contribution in [3.05, 3.63) is 88.7 Å². The van der Waals surface area contributed by atoms with Crippen molar-refractivity contribution in [3.8, 4) is 17.2 Å². The van der Waals surface area contributed by atoms with E-state index >= 15 is 0 Å². The summed E-state index contributed by atoms with van der Waals surface area (Å²) >= 11 is 13.4. The van der Waals surface area contributed by atoms with E-state index < -0.39 is 6.10 Å². The Kier molecular flexibility index (Phi) is 8.17. The van der Waals surface area contributed by atoms with Gasteiger partial charge in [0.2, 0.25) is 5.91 Å². The average Bonchev–Trinajstić information content (AvgIpc) is 3.29. The molecule has 10 heteroatoms. The number of hydrogen-bond donors (Lipinski definition) is 1. The maximum atomic E-state index is 12.6. The van der Waals surface area contributed by atoms with Crippen LogP contribution in [0.25, 0.3) is 5.69 Å². The van der Waals surface area contributed by atoms with Crippen LogP contribution in [-0.4, -0.2) is 33.5 Å². The van der Waals surface area contributed by atoms with Gasteiger partial charge in [-0.15, -0.1) is 10.2 Å². The Morgan fingerprint density at radius 2 is 1.80 bits per heavy atom. The summed E-state index contributed by atoms with van der Waals surface area (Å²) < 4.78 is 13.3. The molecule has 35 heavy (non-hydrogen) atoms. The van der Waals surface area contributed by atoms with Gasteiger partial charge in [0.05, 0.1) is 23.6 Å². The summed E-state index contributed by atoms with van der Waals surface area (Å²) in [6.45, 7) is 1.90. The zero-order valence-corrected chi connectivity index (χ0v) is 21.3. The molecule has 1 heterocycles. The molecule has 4 aromatic rings. The lowest BCUT2D eigenvalue weighted by atomic mass is 10.3. The van der Waals surface area contributed by atoms with Crippen LogP contribution < -0.4 is 14.8 Å².